The van der Waals surface area contributed by atoms with Gasteiger partial charge in [-0.05, 0) is 55.2 Å². The Hall–Kier alpha value is -1.31. The number of allylic oxidation sites excluding steroid dienone is 5. The van der Waals surface area contributed by atoms with Gasteiger partial charge in [-0.2, -0.15) is 0 Å². The third-order valence-electron chi connectivity index (χ3n) is 4.74. The van der Waals surface area contributed by atoms with Crippen LogP contribution in [0.2, 0.25) is 0 Å². The Labute approximate surface area is 135 Å². The molecule has 0 heterocycles. The highest BCUT2D eigenvalue weighted by atomic mass is 16.5. The van der Waals surface area contributed by atoms with Crippen LogP contribution in [-0.2, 0) is 9.53 Å². The molecular formula is C20H30O2. The van der Waals surface area contributed by atoms with Crippen LogP contribution in [0.15, 0.2) is 35.5 Å². The summed E-state index contributed by atoms with van der Waals surface area (Å²) < 4.78 is 5.36. The average Bonchev–Trinajstić information content (AvgIpc) is 2.90. The molecule has 0 aliphatic heterocycles. The highest BCUT2D eigenvalue weighted by Gasteiger charge is 2.34. The lowest BCUT2D eigenvalue weighted by Gasteiger charge is -2.29. The molecule has 0 unspecified atom stereocenters. The maximum absolute atomic E-state index is 11.1. The second-order valence-electron chi connectivity index (χ2n) is 6.57. The molecule has 0 amide bonds. The molecule has 0 N–H and O–H groups in total. The first-order valence-electron chi connectivity index (χ1n) is 8.90. The third-order valence-corrected chi connectivity index (χ3v) is 4.74. The van der Waals surface area contributed by atoms with Crippen LogP contribution in [0.4, 0.5) is 0 Å². The molecule has 0 aromatic rings. The molecule has 0 radical (unpaired) electrons. The molecule has 2 aliphatic rings. The lowest BCUT2D eigenvalue weighted by molar-refractivity contribution is -0.145. The molecule has 122 valence electrons. The van der Waals surface area contributed by atoms with E-state index in [-0.39, 0.29) is 12.1 Å². The molecule has 0 spiro atoms. The first kappa shape index (κ1) is 17.1. The minimum Gasteiger partial charge on any atom is -0.458 e. The fourth-order valence-corrected chi connectivity index (χ4v) is 3.63. The summed E-state index contributed by atoms with van der Waals surface area (Å²) in [6, 6.07) is 0. The first-order valence-corrected chi connectivity index (χ1v) is 8.90. The van der Waals surface area contributed by atoms with E-state index in [9.17, 15) is 4.79 Å². The zero-order valence-electron chi connectivity index (χ0n) is 14.3. The Kier molecular flexibility index (Phi) is 6.48. The highest BCUT2D eigenvalue weighted by Crippen LogP contribution is 2.43. The maximum atomic E-state index is 11.1. The maximum Gasteiger partial charge on any atom is 0.303 e. The summed E-state index contributed by atoms with van der Waals surface area (Å²) in [7, 11) is 0. The molecule has 0 saturated heterocycles. The molecule has 0 aromatic heterocycles. The number of hydrogen-bond donors (Lipinski definition) is 0. The van der Waals surface area contributed by atoms with Crippen LogP contribution in [0.5, 0.6) is 0 Å². The number of esters is 1. The van der Waals surface area contributed by atoms with Crippen LogP contribution >= 0.6 is 0 Å². The predicted molar refractivity (Wildman–Crippen MR) is 91.5 cm³/mol. The number of hydrogen-bond acceptors (Lipinski definition) is 2. The van der Waals surface area contributed by atoms with E-state index in [1.807, 2.05) is 0 Å². The molecule has 0 saturated carbocycles. The summed E-state index contributed by atoms with van der Waals surface area (Å²) in [5, 5.41) is 0. The third kappa shape index (κ3) is 4.34. The van der Waals surface area contributed by atoms with Gasteiger partial charge in [-0.1, -0.05) is 44.9 Å². The average molecular weight is 302 g/mol. The second-order valence-corrected chi connectivity index (χ2v) is 6.57. The monoisotopic (exact) mass is 302 g/mol. The van der Waals surface area contributed by atoms with Gasteiger partial charge in [-0.25, -0.2) is 0 Å². The van der Waals surface area contributed by atoms with Crippen LogP contribution in [0.3, 0.4) is 0 Å². The van der Waals surface area contributed by atoms with Crippen molar-refractivity contribution in [3.05, 3.63) is 35.5 Å². The van der Waals surface area contributed by atoms with Gasteiger partial charge >= 0.3 is 5.97 Å². The SMILES string of the molecule is CCC/C=C(/CCCC)C1=CC[C@@H]2C[C@@H](OC(C)=O)C=C[C@H]12. The van der Waals surface area contributed by atoms with Crippen molar-refractivity contribution in [3.8, 4) is 0 Å². The fraction of sp³-hybridized carbons (Fsp3) is 0.650. The van der Waals surface area contributed by atoms with E-state index in [2.05, 4.69) is 38.2 Å². The molecule has 0 aromatic carbocycles. The van der Waals surface area contributed by atoms with Gasteiger partial charge in [0.05, 0.1) is 0 Å². The lowest BCUT2D eigenvalue weighted by atomic mass is 9.79. The van der Waals surface area contributed by atoms with Crippen molar-refractivity contribution in [1.29, 1.82) is 0 Å². The molecule has 3 atom stereocenters. The van der Waals surface area contributed by atoms with Gasteiger partial charge in [0.2, 0.25) is 0 Å². The summed E-state index contributed by atoms with van der Waals surface area (Å²) >= 11 is 0. The van der Waals surface area contributed by atoms with Crippen LogP contribution in [0.1, 0.15) is 65.7 Å². The minimum atomic E-state index is -0.175. The smallest absolute Gasteiger partial charge is 0.303 e. The summed E-state index contributed by atoms with van der Waals surface area (Å²) in [4.78, 5) is 11.1. The zero-order valence-corrected chi connectivity index (χ0v) is 14.3. The van der Waals surface area contributed by atoms with Crippen molar-refractivity contribution in [1.82, 2.24) is 0 Å². The quantitative estimate of drug-likeness (QED) is 0.467. The summed E-state index contributed by atoms with van der Waals surface area (Å²) in [5.74, 6) is 0.966. The molecule has 2 rings (SSSR count). The van der Waals surface area contributed by atoms with Gasteiger partial charge in [0.1, 0.15) is 6.10 Å². The standard InChI is InChI=1S/C20H30O2/c1-4-6-8-16(9-7-5-2)19-12-10-17-14-18(22-15(3)21)11-13-20(17)19/h8,11-13,17-18,20H,4-7,9-10,14H2,1-3H3/b16-8-/t17-,18+,20+/m1/s1. The Morgan fingerprint density at radius 1 is 1.32 bits per heavy atom. The van der Waals surface area contributed by atoms with E-state index >= 15 is 0 Å². The van der Waals surface area contributed by atoms with Crippen LogP contribution in [-0.4, -0.2) is 12.1 Å². The second kappa shape index (κ2) is 8.36. The van der Waals surface area contributed by atoms with Gasteiger partial charge in [-0.15, -0.1) is 0 Å². The molecule has 0 bridgehead atoms. The van der Waals surface area contributed by atoms with Crippen molar-refractivity contribution in [3.63, 3.8) is 0 Å². The number of ether oxygens (including phenoxy) is 1. The van der Waals surface area contributed by atoms with E-state index in [0.717, 1.165) is 12.8 Å². The van der Waals surface area contributed by atoms with Crippen molar-refractivity contribution in [2.24, 2.45) is 11.8 Å². The molecule has 0 fully saturated rings. The zero-order chi connectivity index (χ0) is 15.9. The minimum absolute atomic E-state index is 0.0230. The summed E-state index contributed by atoms with van der Waals surface area (Å²) in [6.45, 7) is 5.99. The van der Waals surface area contributed by atoms with Gasteiger partial charge in [-0.3, -0.25) is 4.79 Å². The van der Waals surface area contributed by atoms with Gasteiger partial charge in [0.15, 0.2) is 0 Å². The van der Waals surface area contributed by atoms with Gasteiger partial charge in [0, 0.05) is 12.8 Å². The Balaban J connectivity index is 2.07. The summed E-state index contributed by atoms with van der Waals surface area (Å²) in [6.07, 6.45) is 17.4. The fourth-order valence-electron chi connectivity index (χ4n) is 3.63. The Morgan fingerprint density at radius 3 is 2.82 bits per heavy atom. The lowest BCUT2D eigenvalue weighted by Crippen LogP contribution is -2.25. The predicted octanol–water partition coefficient (Wildman–Crippen LogP) is 5.36. The first-order chi connectivity index (χ1) is 10.7. The van der Waals surface area contributed by atoms with E-state index in [4.69, 9.17) is 4.74 Å². The van der Waals surface area contributed by atoms with Crippen molar-refractivity contribution >= 4 is 5.97 Å². The van der Waals surface area contributed by atoms with Crippen LogP contribution in [0.25, 0.3) is 0 Å². The highest BCUT2D eigenvalue weighted by molar-refractivity contribution is 5.66. The number of unbranched alkanes of at least 4 members (excludes halogenated alkanes) is 2. The Bertz CT molecular complexity index is 470. The Morgan fingerprint density at radius 2 is 2.14 bits per heavy atom. The normalized spacial score (nSPS) is 27.5. The van der Waals surface area contributed by atoms with E-state index < -0.39 is 0 Å². The van der Waals surface area contributed by atoms with Gasteiger partial charge in [0.25, 0.3) is 0 Å². The van der Waals surface area contributed by atoms with E-state index in [0.29, 0.717) is 11.8 Å². The number of carbonyl (C=O) groups excluding carboxylic acids is 1. The molecular weight excluding hydrogens is 272 g/mol. The number of rotatable bonds is 7. The largest absolute Gasteiger partial charge is 0.458 e. The van der Waals surface area contributed by atoms with E-state index in [1.54, 1.807) is 11.1 Å². The van der Waals surface area contributed by atoms with E-state index in [1.165, 1.54) is 39.0 Å². The van der Waals surface area contributed by atoms with Gasteiger partial charge < -0.3 is 4.74 Å². The van der Waals surface area contributed by atoms with Crippen LogP contribution in [0, 0.1) is 11.8 Å². The van der Waals surface area contributed by atoms with Crippen molar-refractivity contribution < 1.29 is 9.53 Å². The summed E-state index contributed by atoms with van der Waals surface area (Å²) in [5.41, 5.74) is 3.11. The van der Waals surface area contributed by atoms with Crippen molar-refractivity contribution in [2.75, 3.05) is 0 Å². The van der Waals surface area contributed by atoms with Crippen LogP contribution < -0.4 is 0 Å². The topological polar surface area (TPSA) is 26.3 Å². The number of carbonyl (C=O) groups is 1. The molecule has 2 aliphatic carbocycles. The van der Waals surface area contributed by atoms with Crippen molar-refractivity contribution in [2.45, 2.75) is 71.8 Å². The number of fused-ring (bicyclic) bond motifs is 1. The molecule has 2 heteroatoms. The molecule has 22 heavy (non-hydrogen) atoms. The molecule has 2 nitrogen and oxygen atoms in total.